The molecule has 4 nitrogen and oxygen atoms in total. The molecule has 1 heterocycles. The van der Waals surface area contributed by atoms with Crippen LogP contribution in [-0.2, 0) is 9.31 Å². The summed E-state index contributed by atoms with van der Waals surface area (Å²) in [5, 5.41) is 9.16. The van der Waals surface area contributed by atoms with Crippen LogP contribution in [-0.4, -0.2) is 31.4 Å². The number of ether oxygens (including phenoxy) is 1. The van der Waals surface area contributed by atoms with Crippen molar-refractivity contribution in [2.75, 3.05) is 6.61 Å². The van der Waals surface area contributed by atoms with Gasteiger partial charge in [0.1, 0.15) is 18.4 Å². The molecule has 0 spiro atoms. The molecule has 118 valence electrons. The van der Waals surface area contributed by atoms with Crippen LogP contribution in [0, 0.1) is 11.3 Å². The zero-order valence-electron chi connectivity index (χ0n) is 13.0. The Bertz CT molecular complexity index is 583. The van der Waals surface area contributed by atoms with Gasteiger partial charge in [0.2, 0.25) is 0 Å². The van der Waals surface area contributed by atoms with E-state index in [0.29, 0.717) is 5.46 Å². The van der Waals surface area contributed by atoms with Crippen molar-refractivity contribution in [3.8, 4) is 11.8 Å². The first-order valence-corrected chi connectivity index (χ1v) is 6.97. The first-order valence-electron chi connectivity index (χ1n) is 6.97. The molecule has 0 saturated carbocycles. The fourth-order valence-electron chi connectivity index (χ4n) is 2.04. The Morgan fingerprint density at radius 2 is 1.82 bits per heavy atom. The van der Waals surface area contributed by atoms with Crippen LogP contribution in [0.1, 0.15) is 33.3 Å². The molecule has 0 unspecified atom stereocenters. The summed E-state index contributed by atoms with van der Waals surface area (Å²) in [4.78, 5) is 0. The predicted octanol–water partition coefficient (Wildman–Crippen LogP) is 2.50. The van der Waals surface area contributed by atoms with Crippen LogP contribution in [0.25, 0.3) is 0 Å². The standard InChI is InChI=1S/C15H18BF2NO3/c1-14(2)15(3,4)22-16(21-14)11-5-6-12(10(7-11)8-19)20-9-13(17)18/h5-7,13H,9H2,1-4H3. The van der Waals surface area contributed by atoms with Gasteiger partial charge < -0.3 is 14.0 Å². The molecule has 1 aromatic rings. The Morgan fingerprint density at radius 3 is 2.32 bits per heavy atom. The Kier molecular flexibility index (Phi) is 4.45. The highest BCUT2D eigenvalue weighted by Crippen LogP contribution is 2.36. The van der Waals surface area contributed by atoms with Gasteiger partial charge in [-0.2, -0.15) is 5.26 Å². The summed E-state index contributed by atoms with van der Waals surface area (Å²) in [5.41, 5.74) is -0.155. The van der Waals surface area contributed by atoms with E-state index in [2.05, 4.69) is 0 Å². The molecule has 2 rings (SSSR count). The largest absolute Gasteiger partial charge is 0.494 e. The summed E-state index contributed by atoms with van der Waals surface area (Å²) >= 11 is 0. The van der Waals surface area contributed by atoms with Gasteiger partial charge in [-0.1, -0.05) is 6.07 Å². The maximum Gasteiger partial charge on any atom is 0.494 e. The number of nitriles is 1. The number of nitrogens with zero attached hydrogens (tertiary/aromatic N) is 1. The third kappa shape index (κ3) is 3.23. The molecule has 1 aliphatic heterocycles. The fraction of sp³-hybridized carbons (Fsp3) is 0.533. The van der Waals surface area contributed by atoms with Crippen molar-refractivity contribution >= 4 is 12.6 Å². The summed E-state index contributed by atoms with van der Waals surface area (Å²) < 4.78 is 41.1. The molecule has 0 aromatic heterocycles. The normalized spacial score (nSPS) is 19.3. The highest BCUT2D eigenvalue weighted by molar-refractivity contribution is 6.62. The van der Waals surface area contributed by atoms with Crippen LogP contribution in [0.3, 0.4) is 0 Å². The number of halogens is 2. The number of benzene rings is 1. The van der Waals surface area contributed by atoms with E-state index in [1.54, 1.807) is 12.1 Å². The van der Waals surface area contributed by atoms with E-state index in [-0.39, 0.29) is 11.3 Å². The van der Waals surface area contributed by atoms with Crippen LogP contribution >= 0.6 is 0 Å². The van der Waals surface area contributed by atoms with Crippen molar-refractivity contribution in [1.82, 2.24) is 0 Å². The van der Waals surface area contributed by atoms with E-state index in [1.165, 1.54) is 6.07 Å². The molecule has 1 aliphatic rings. The molecule has 0 atom stereocenters. The number of alkyl halides is 2. The second-order valence-electron chi connectivity index (χ2n) is 6.16. The van der Waals surface area contributed by atoms with Crippen LogP contribution in [0.4, 0.5) is 8.78 Å². The highest BCUT2D eigenvalue weighted by Gasteiger charge is 2.51. The molecule has 1 aromatic carbocycles. The van der Waals surface area contributed by atoms with Crippen molar-refractivity contribution in [3.05, 3.63) is 23.8 Å². The van der Waals surface area contributed by atoms with E-state index in [9.17, 15) is 8.78 Å². The van der Waals surface area contributed by atoms with Gasteiger partial charge in [-0.15, -0.1) is 0 Å². The van der Waals surface area contributed by atoms with Crippen molar-refractivity contribution < 1.29 is 22.8 Å². The van der Waals surface area contributed by atoms with Crippen molar-refractivity contribution in [2.45, 2.75) is 45.3 Å². The lowest BCUT2D eigenvalue weighted by atomic mass is 9.78. The van der Waals surface area contributed by atoms with E-state index < -0.39 is 31.4 Å². The van der Waals surface area contributed by atoms with Gasteiger partial charge in [0, 0.05) is 0 Å². The molecule has 7 heteroatoms. The smallest absolute Gasteiger partial charge is 0.486 e. The summed E-state index contributed by atoms with van der Waals surface area (Å²) in [5.74, 6) is 0.128. The monoisotopic (exact) mass is 309 g/mol. The lowest BCUT2D eigenvalue weighted by molar-refractivity contribution is 0.00578. The quantitative estimate of drug-likeness (QED) is 0.802. The Labute approximate surface area is 129 Å². The average molecular weight is 309 g/mol. The second-order valence-corrected chi connectivity index (χ2v) is 6.16. The molecular weight excluding hydrogens is 291 g/mol. The third-order valence-corrected chi connectivity index (χ3v) is 4.01. The maximum absolute atomic E-state index is 12.2. The van der Waals surface area contributed by atoms with E-state index in [4.69, 9.17) is 19.3 Å². The second kappa shape index (κ2) is 5.86. The molecule has 0 aliphatic carbocycles. The molecule has 0 N–H and O–H groups in total. The predicted molar refractivity (Wildman–Crippen MR) is 78.4 cm³/mol. The molecule has 0 bridgehead atoms. The summed E-state index contributed by atoms with van der Waals surface area (Å²) in [6.45, 7) is 6.97. The molecular formula is C15H18BF2NO3. The van der Waals surface area contributed by atoms with E-state index in [0.717, 1.165) is 0 Å². The topological polar surface area (TPSA) is 51.5 Å². The SMILES string of the molecule is CC1(C)OB(c2ccc(OCC(F)F)c(C#N)c2)OC1(C)C. The molecule has 1 fully saturated rings. The fourth-order valence-corrected chi connectivity index (χ4v) is 2.04. The third-order valence-electron chi connectivity index (χ3n) is 4.01. The Balaban J connectivity index is 2.23. The highest BCUT2D eigenvalue weighted by atomic mass is 19.3. The van der Waals surface area contributed by atoms with Crippen molar-refractivity contribution in [3.63, 3.8) is 0 Å². The number of hydrogen-bond donors (Lipinski definition) is 0. The lowest BCUT2D eigenvalue weighted by Gasteiger charge is -2.32. The van der Waals surface area contributed by atoms with Crippen LogP contribution in [0.15, 0.2) is 18.2 Å². The minimum absolute atomic E-state index is 0.128. The van der Waals surface area contributed by atoms with Gasteiger partial charge in [0.15, 0.2) is 0 Å². The maximum atomic E-state index is 12.2. The lowest BCUT2D eigenvalue weighted by Crippen LogP contribution is -2.41. The van der Waals surface area contributed by atoms with Crippen LogP contribution < -0.4 is 10.2 Å². The summed E-state index contributed by atoms with van der Waals surface area (Å²) in [6, 6.07) is 6.63. The van der Waals surface area contributed by atoms with Crippen LogP contribution in [0.2, 0.25) is 0 Å². The molecule has 0 radical (unpaired) electrons. The Morgan fingerprint density at radius 1 is 1.23 bits per heavy atom. The number of hydrogen-bond acceptors (Lipinski definition) is 4. The summed E-state index contributed by atoms with van der Waals surface area (Å²) in [7, 11) is -0.610. The molecule has 1 saturated heterocycles. The molecule has 22 heavy (non-hydrogen) atoms. The van der Waals surface area contributed by atoms with Gasteiger partial charge in [-0.25, -0.2) is 8.78 Å². The Hall–Kier alpha value is -1.65. The van der Waals surface area contributed by atoms with Gasteiger partial charge in [0.05, 0.1) is 16.8 Å². The molecule has 0 amide bonds. The average Bonchev–Trinajstić information content (AvgIpc) is 2.65. The number of rotatable bonds is 4. The van der Waals surface area contributed by atoms with Crippen molar-refractivity contribution in [2.24, 2.45) is 0 Å². The zero-order chi connectivity index (χ0) is 16.5. The van der Waals surface area contributed by atoms with Gasteiger partial charge >= 0.3 is 7.12 Å². The van der Waals surface area contributed by atoms with E-state index in [1.807, 2.05) is 33.8 Å². The van der Waals surface area contributed by atoms with E-state index >= 15 is 0 Å². The minimum atomic E-state index is -2.59. The minimum Gasteiger partial charge on any atom is -0.486 e. The van der Waals surface area contributed by atoms with Crippen LogP contribution in [0.5, 0.6) is 5.75 Å². The van der Waals surface area contributed by atoms with Gasteiger partial charge in [-0.3, -0.25) is 0 Å². The first-order chi connectivity index (χ1) is 10.2. The van der Waals surface area contributed by atoms with Gasteiger partial charge in [0.25, 0.3) is 6.43 Å². The van der Waals surface area contributed by atoms with Gasteiger partial charge in [-0.05, 0) is 45.3 Å². The van der Waals surface area contributed by atoms with Crippen molar-refractivity contribution in [1.29, 1.82) is 5.26 Å². The first kappa shape index (κ1) is 16.7. The zero-order valence-corrected chi connectivity index (χ0v) is 13.0. The summed E-state index contributed by atoms with van der Waals surface area (Å²) in [6.07, 6.45) is -2.59.